The molecule has 4 rings (SSSR count). The molecule has 0 saturated carbocycles. The van der Waals surface area contributed by atoms with E-state index in [1.54, 1.807) is 0 Å². The molecule has 1 saturated heterocycles. The predicted octanol–water partition coefficient (Wildman–Crippen LogP) is 4.91. The van der Waals surface area contributed by atoms with Gasteiger partial charge in [-0.25, -0.2) is 19.2 Å². The third-order valence-electron chi connectivity index (χ3n) is 5.97. The molecule has 2 N–H and O–H groups in total. The van der Waals surface area contributed by atoms with Crippen LogP contribution in [0.2, 0.25) is 0 Å². The van der Waals surface area contributed by atoms with Crippen molar-refractivity contribution in [2.75, 3.05) is 31.1 Å². The number of amides is 1. The van der Waals surface area contributed by atoms with E-state index in [1.807, 2.05) is 39.0 Å². The number of aromatic nitrogens is 2. The molecule has 0 radical (unpaired) electrons. The molecule has 0 bridgehead atoms. The average molecular weight is 453 g/mol. The number of halogens is 1. The van der Waals surface area contributed by atoms with Gasteiger partial charge in [-0.3, -0.25) is 0 Å². The minimum Gasteiger partial charge on any atom is -0.507 e. The van der Waals surface area contributed by atoms with Crippen molar-refractivity contribution in [3.05, 3.63) is 47.8 Å². The van der Waals surface area contributed by atoms with Gasteiger partial charge < -0.3 is 20.0 Å². The van der Waals surface area contributed by atoms with Gasteiger partial charge in [0.2, 0.25) is 0 Å². The van der Waals surface area contributed by atoms with Gasteiger partial charge in [-0.1, -0.05) is 26.0 Å². The highest BCUT2D eigenvalue weighted by Gasteiger charge is 2.29. The van der Waals surface area contributed by atoms with Crippen LogP contribution in [-0.4, -0.2) is 57.4 Å². The van der Waals surface area contributed by atoms with Crippen molar-refractivity contribution in [2.45, 2.75) is 27.2 Å². The van der Waals surface area contributed by atoms with E-state index in [0.29, 0.717) is 37.5 Å². The second-order valence-electron chi connectivity index (χ2n) is 9.21. The summed E-state index contributed by atoms with van der Waals surface area (Å²) >= 11 is 0. The molecule has 0 spiro atoms. The monoisotopic (exact) mass is 452 g/mol. The van der Waals surface area contributed by atoms with Crippen LogP contribution in [0.25, 0.3) is 22.3 Å². The molecule has 0 aliphatic carbocycles. The topological polar surface area (TPSA) is 89.8 Å². The van der Waals surface area contributed by atoms with Crippen LogP contribution in [0.15, 0.2) is 36.4 Å². The number of hydrogen-bond acceptors (Lipinski definition) is 5. The first-order chi connectivity index (χ1) is 15.7. The van der Waals surface area contributed by atoms with Gasteiger partial charge in [-0.2, -0.15) is 0 Å². The number of aromatic hydroxyl groups is 1. The summed E-state index contributed by atoms with van der Waals surface area (Å²) in [6.45, 7) is 8.29. The summed E-state index contributed by atoms with van der Waals surface area (Å²) in [4.78, 5) is 24.5. The Morgan fingerprint density at radius 2 is 2.06 bits per heavy atom. The van der Waals surface area contributed by atoms with Crippen LogP contribution in [0.5, 0.6) is 5.75 Å². The van der Waals surface area contributed by atoms with E-state index in [9.17, 15) is 19.4 Å². The number of rotatable bonds is 6. The molecule has 174 valence electrons. The molecule has 1 aliphatic rings. The van der Waals surface area contributed by atoms with Crippen LogP contribution < -0.4 is 4.90 Å². The standard InChI is InChI=1S/C25H29FN4O3/c1-15(2)12-30(25(32)33)14-17-9-10-29(13-17)24-18-8-7-16(3)11-20(18)27-23(28-24)22-19(26)5-4-6-21(22)31/h4-8,11,15,17,31H,9-10,12-14H2,1-3H3,(H,32,33)/t17-/m0/s1. The highest BCUT2D eigenvalue weighted by atomic mass is 19.1. The number of carboxylic acid groups (broad SMARTS) is 1. The van der Waals surface area contributed by atoms with Crippen molar-refractivity contribution < 1.29 is 19.4 Å². The van der Waals surface area contributed by atoms with E-state index in [-0.39, 0.29) is 29.0 Å². The lowest BCUT2D eigenvalue weighted by Crippen LogP contribution is -2.37. The Morgan fingerprint density at radius 1 is 1.27 bits per heavy atom. The van der Waals surface area contributed by atoms with E-state index in [1.165, 1.54) is 23.1 Å². The number of benzene rings is 2. The zero-order chi connectivity index (χ0) is 23.7. The molecule has 1 fully saturated rings. The zero-order valence-corrected chi connectivity index (χ0v) is 19.1. The summed E-state index contributed by atoms with van der Waals surface area (Å²) in [7, 11) is 0. The Labute approximate surface area is 192 Å². The maximum atomic E-state index is 14.6. The normalized spacial score (nSPS) is 16.0. The number of hydrogen-bond donors (Lipinski definition) is 2. The maximum Gasteiger partial charge on any atom is 0.407 e. The van der Waals surface area contributed by atoms with E-state index in [4.69, 9.17) is 0 Å². The van der Waals surface area contributed by atoms with Crippen LogP contribution in [0.4, 0.5) is 15.0 Å². The van der Waals surface area contributed by atoms with E-state index in [2.05, 4.69) is 14.9 Å². The van der Waals surface area contributed by atoms with Gasteiger partial charge in [0.15, 0.2) is 5.82 Å². The number of phenolic OH excluding ortho intramolecular Hbond substituents is 1. The minimum absolute atomic E-state index is 0.0214. The Hall–Kier alpha value is -3.42. The van der Waals surface area contributed by atoms with Crippen molar-refractivity contribution in [2.24, 2.45) is 11.8 Å². The molecule has 3 aromatic rings. The molecule has 0 unspecified atom stereocenters. The Bertz CT molecular complexity index is 1160. The number of fused-ring (bicyclic) bond motifs is 1. The molecule has 8 heteroatoms. The van der Waals surface area contributed by atoms with Crippen LogP contribution in [0, 0.1) is 24.6 Å². The van der Waals surface area contributed by atoms with E-state index in [0.717, 1.165) is 17.4 Å². The number of carbonyl (C=O) groups is 1. The Morgan fingerprint density at radius 3 is 2.76 bits per heavy atom. The SMILES string of the molecule is Cc1ccc2c(N3CC[C@H](CN(CC(C)C)C(=O)O)C3)nc(-c3c(O)cccc3F)nc2c1. The lowest BCUT2D eigenvalue weighted by Gasteiger charge is -2.25. The molecule has 33 heavy (non-hydrogen) atoms. The summed E-state index contributed by atoms with van der Waals surface area (Å²) in [5.74, 6) is 0.431. The van der Waals surface area contributed by atoms with Crippen LogP contribution in [-0.2, 0) is 0 Å². The van der Waals surface area contributed by atoms with E-state index < -0.39 is 11.9 Å². The molecule has 1 aromatic heterocycles. The van der Waals surface area contributed by atoms with Crippen molar-refractivity contribution in [1.29, 1.82) is 0 Å². The summed E-state index contributed by atoms with van der Waals surface area (Å²) in [5, 5.41) is 20.7. The van der Waals surface area contributed by atoms with Gasteiger partial charge >= 0.3 is 6.09 Å². The third-order valence-corrected chi connectivity index (χ3v) is 5.97. The van der Waals surface area contributed by atoms with Crippen LogP contribution in [0.1, 0.15) is 25.8 Å². The molecule has 2 heterocycles. The number of aryl methyl sites for hydroxylation is 1. The fourth-order valence-electron chi connectivity index (χ4n) is 4.47. The maximum absolute atomic E-state index is 14.6. The molecule has 7 nitrogen and oxygen atoms in total. The molecular weight excluding hydrogens is 423 g/mol. The lowest BCUT2D eigenvalue weighted by atomic mass is 10.1. The molecule has 1 amide bonds. The summed E-state index contributed by atoms with van der Waals surface area (Å²) in [6, 6.07) is 10.0. The summed E-state index contributed by atoms with van der Waals surface area (Å²) in [6.07, 6.45) is -0.0677. The van der Waals surface area contributed by atoms with Crippen molar-refractivity contribution >= 4 is 22.8 Å². The molecular formula is C25H29FN4O3. The van der Waals surface area contributed by atoms with Crippen molar-refractivity contribution in [3.63, 3.8) is 0 Å². The highest BCUT2D eigenvalue weighted by molar-refractivity contribution is 5.92. The second kappa shape index (κ2) is 9.21. The first kappa shape index (κ1) is 22.8. The predicted molar refractivity (Wildman–Crippen MR) is 126 cm³/mol. The fourth-order valence-corrected chi connectivity index (χ4v) is 4.47. The zero-order valence-electron chi connectivity index (χ0n) is 19.1. The Balaban J connectivity index is 1.70. The van der Waals surface area contributed by atoms with Crippen LogP contribution in [0.3, 0.4) is 0 Å². The number of phenols is 1. The number of anilines is 1. The highest BCUT2D eigenvalue weighted by Crippen LogP contribution is 2.35. The largest absolute Gasteiger partial charge is 0.507 e. The first-order valence-electron chi connectivity index (χ1n) is 11.2. The summed E-state index contributed by atoms with van der Waals surface area (Å²) < 4.78 is 14.6. The van der Waals surface area contributed by atoms with Crippen molar-refractivity contribution in [1.82, 2.24) is 14.9 Å². The molecule has 1 aliphatic heterocycles. The first-order valence-corrected chi connectivity index (χ1v) is 11.2. The Kier molecular flexibility index (Phi) is 6.35. The quantitative estimate of drug-likeness (QED) is 0.552. The average Bonchev–Trinajstić information content (AvgIpc) is 3.20. The van der Waals surface area contributed by atoms with Gasteiger partial charge in [0.05, 0.1) is 11.1 Å². The van der Waals surface area contributed by atoms with Gasteiger partial charge in [0.1, 0.15) is 17.4 Å². The van der Waals surface area contributed by atoms with Gasteiger partial charge in [-0.15, -0.1) is 0 Å². The molecule has 1 atom stereocenters. The van der Waals surface area contributed by atoms with Crippen LogP contribution >= 0.6 is 0 Å². The smallest absolute Gasteiger partial charge is 0.407 e. The second-order valence-corrected chi connectivity index (χ2v) is 9.21. The minimum atomic E-state index is -0.901. The van der Waals surface area contributed by atoms with Gasteiger partial charge in [0.25, 0.3) is 0 Å². The third kappa shape index (κ3) is 4.84. The van der Waals surface area contributed by atoms with Gasteiger partial charge in [0, 0.05) is 31.6 Å². The van der Waals surface area contributed by atoms with Crippen molar-refractivity contribution in [3.8, 4) is 17.1 Å². The lowest BCUT2D eigenvalue weighted by molar-refractivity contribution is 0.132. The molecule has 2 aromatic carbocycles. The van der Waals surface area contributed by atoms with Gasteiger partial charge in [-0.05, 0) is 55.0 Å². The van der Waals surface area contributed by atoms with E-state index >= 15 is 0 Å². The fraction of sp³-hybridized carbons (Fsp3) is 0.400. The number of nitrogens with zero attached hydrogens (tertiary/aromatic N) is 4. The summed E-state index contributed by atoms with van der Waals surface area (Å²) in [5.41, 5.74) is 1.67.